The Morgan fingerprint density at radius 2 is 2.05 bits per heavy atom. The largest absolute Gasteiger partial charge is 0.488 e. The number of carbonyl (C=O) groups is 1. The number of likely N-dealkylation sites (tertiary alicyclic amines) is 1. The molecule has 0 saturated carbocycles. The lowest BCUT2D eigenvalue weighted by molar-refractivity contribution is -0.127. The monoisotopic (exact) mass is 286 g/mol. The maximum absolute atomic E-state index is 12.5. The number of hydrogen-bond donors (Lipinski definition) is 0. The van der Waals surface area contributed by atoms with Crippen LogP contribution in [0.25, 0.3) is 0 Å². The molecular formula is C17H22N2O2. The van der Waals surface area contributed by atoms with Gasteiger partial charge in [0.1, 0.15) is 0 Å². The molecule has 2 heterocycles. The Kier molecular flexibility index (Phi) is 3.97. The molecule has 3 rings (SSSR count). The molecule has 1 aromatic carbocycles. The van der Waals surface area contributed by atoms with Gasteiger partial charge in [0.25, 0.3) is 0 Å². The minimum Gasteiger partial charge on any atom is -0.488 e. The molecule has 0 aromatic heterocycles. The summed E-state index contributed by atoms with van der Waals surface area (Å²) in [5, 5.41) is 0. The summed E-state index contributed by atoms with van der Waals surface area (Å²) in [6.07, 6.45) is 1.79. The van der Waals surface area contributed by atoms with Crippen LogP contribution in [-0.2, 0) is 16.1 Å². The lowest BCUT2D eigenvalue weighted by Gasteiger charge is -2.26. The van der Waals surface area contributed by atoms with Gasteiger partial charge in [-0.25, -0.2) is 0 Å². The van der Waals surface area contributed by atoms with Gasteiger partial charge in [0.05, 0.1) is 6.61 Å². The van der Waals surface area contributed by atoms with Crippen LogP contribution in [0, 0.1) is 11.8 Å². The van der Waals surface area contributed by atoms with Gasteiger partial charge in [0, 0.05) is 51.8 Å². The highest BCUT2D eigenvalue weighted by atomic mass is 16.5. The topological polar surface area (TPSA) is 32.8 Å². The molecule has 112 valence electrons. The number of Topliss-reactive ketones (excluding diaryl/α,β-unsaturated/α-hetero) is 1. The Morgan fingerprint density at radius 1 is 1.29 bits per heavy atom. The van der Waals surface area contributed by atoms with E-state index in [-0.39, 0.29) is 11.7 Å². The van der Waals surface area contributed by atoms with Crippen LogP contribution in [0.15, 0.2) is 42.3 Å². The summed E-state index contributed by atoms with van der Waals surface area (Å²) in [5.74, 6) is 1.10. The quantitative estimate of drug-likeness (QED) is 0.792. The first-order chi connectivity index (χ1) is 10.1. The van der Waals surface area contributed by atoms with E-state index in [1.807, 2.05) is 25.1 Å². The summed E-state index contributed by atoms with van der Waals surface area (Å²) < 4.78 is 5.66. The second-order valence-electron chi connectivity index (χ2n) is 6.18. The SMILES string of the molecule is CN(C)C=C1OCC2CN(Cc3ccccc3)CC2C1=O. The fourth-order valence-electron chi connectivity index (χ4n) is 3.18. The van der Waals surface area contributed by atoms with Crippen LogP contribution >= 0.6 is 0 Å². The molecule has 0 bridgehead atoms. The number of nitrogens with zero attached hydrogens (tertiary/aromatic N) is 2. The van der Waals surface area contributed by atoms with Crippen molar-refractivity contribution in [1.29, 1.82) is 0 Å². The van der Waals surface area contributed by atoms with Gasteiger partial charge >= 0.3 is 0 Å². The summed E-state index contributed by atoms with van der Waals surface area (Å²) in [6.45, 7) is 3.35. The van der Waals surface area contributed by atoms with Gasteiger partial charge in [-0.1, -0.05) is 30.3 Å². The number of ketones is 1. The molecule has 2 saturated heterocycles. The number of hydrogen-bond acceptors (Lipinski definition) is 4. The maximum atomic E-state index is 12.5. The first-order valence-corrected chi connectivity index (χ1v) is 7.45. The molecule has 2 unspecified atom stereocenters. The zero-order valence-corrected chi connectivity index (χ0v) is 12.7. The zero-order valence-electron chi connectivity index (χ0n) is 12.7. The summed E-state index contributed by atoms with van der Waals surface area (Å²) in [5.41, 5.74) is 1.30. The third-order valence-corrected chi connectivity index (χ3v) is 4.17. The van der Waals surface area contributed by atoms with Crippen LogP contribution < -0.4 is 0 Å². The lowest BCUT2D eigenvalue weighted by Crippen LogP contribution is -2.34. The van der Waals surface area contributed by atoms with Crippen molar-refractivity contribution in [3.63, 3.8) is 0 Å². The van der Waals surface area contributed by atoms with Gasteiger partial charge in [0.15, 0.2) is 5.76 Å². The van der Waals surface area contributed by atoms with Crippen molar-refractivity contribution in [3.05, 3.63) is 47.9 Å². The summed E-state index contributed by atoms with van der Waals surface area (Å²) >= 11 is 0. The van der Waals surface area contributed by atoms with Gasteiger partial charge < -0.3 is 9.64 Å². The summed E-state index contributed by atoms with van der Waals surface area (Å²) in [6, 6.07) is 10.4. The Morgan fingerprint density at radius 3 is 2.76 bits per heavy atom. The smallest absolute Gasteiger partial charge is 0.203 e. The zero-order chi connectivity index (χ0) is 14.8. The molecule has 0 N–H and O–H groups in total. The standard InChI is InChI=1S/C17H22N2O2/c1-18(2)11-16-17(20)15-10-19(9-14(15)12-21-16)8-13-6-4-3-5-7-13/h3-7,11,14-15H,8-10,12H2,1-2H3. The highest BCUT2D eigenvalue weighted by Crippen LogP contribution is 2.32. The van der Waals surface area contributed by atoms with Gasteiger partial charge in [-0.2, -0.15) is 0 Å². The van der Waals surface area contributed by atoms with E-state index >= 15 is 0 Å². The number of fused-ring (bicyclic) bond motifs is 1. The van der Waals surface area contributed by atoms with Gasteiger partial charge in [-0.3, -0.25) is 9.69 Å². The number of rotatable bonds is 3. The van der Waals surface area contributed by atoms with Crippen LogP contribution in [-0.4, -0.2) is 49.4 Å². The first kappa shape index (κ1) is 14.1. The van der Waals surface area contributed by atoms with E-state index in [2.05, 4.69) is 29.2 Å². The van der Waals surface area contributed by atoms with Gasteiger partial charge in [0.2, 0.25) is 5.78 Å². The number of ether oxygens (including phenoxy) is 1. The average Bonchev–Trinajstić information content (AvgIpc) is 2.86. The molecule has 2 fully saturated rings. The van der Waals surface area contributed by atoms with E-state index in [0.29, 0.717) is 18.3 Å². The fourth-order valence-corrected chi connectivity index (χ4v) is 3.18. The highest BCUT2D eigenvalue weighted by molar-refractivity contribution is 5.96. The molecule has 0 spiro atoms. The molecule has 2 atom stereocenters. The number of allylic oxidation sites excluding steroid dienone is 1. The van der Waals surface area contributed by atoms with E-state index in [1.165, 1.54) is 5.56 Å². The van der Waals surface area contributed by atoms with Crippen molar-refractivity contribution in [2.45, 2.75) is 6.54 Å². The van der Waals surface area contributed by atoms with Gasteiger partial charge in [-0.15, -0.1) is 0 Å². The van der Waals surface area contributed by atoms with Crippen molar-refractivity contribution in [2.24, 2.45) is 11.8 Å². The average molecular weight is 286 g/mol. The molecule has 1 aromatic rings. The Balaban J connectivity index is 1.67. The second-order valence-corrected chi connectivity index (χ2v) is 6.18. The second kappa shape index (κ2) is 5.90. The van der Waals surface area contributed by atoms with E-state index in [4.69, 9.17) is 4.74 Å². The normalized spacial score (nSPS) is 27.5. The molecular weight excluding hydrogens is 264 g/mol. The summed E-state index contributed by atoms with van der Waals surface area (Å²) in [4.78, 5) is 16.7. The fraction of sp³-hybridized carbons (Fsp3) is 0.471. The molecule has 0 aliphatic carbocycles. The van der Waals surface area contributed by atoms with Crippen LogP contribution in [0.3, 0.4) is 0 Å². The predicted molar refractivity (Wildman–Crippen MR) is 81.4 cm³/mol. The van der Waals surface area contributed by atoms with Crippen LogP contribution in [0.4, 0.5) is 0 Å². The van der Waals surface area contributed by atoms with Crippen molar-refractivity contribution in [3.8, 4) is 0 Å². The molecule has 0 amide bonds. The van der Waals surface area contributed by atoms with Gasteiger partial charge in [-0.05, 0) is 5.56 Å². The van der Waals surface area contributed by atoms with E-state index in [9.17, 15) is 4.79 Å². The third-order valence-electron chi connectivity index (χ3n) is 4.17. The first-order valence-electron chi connectivity index (χ1n) is 7.45. The minimum atomic E-state index is 0.0914. The molecule has 4 heteroatoms. The third kappa shape index (κ3) is 3.10. The minimum absolute atomic E-state index is 0.0914. The van der Waals surface area contributed by atoms with Crippen molar-refractivity contribution < 1.29 is 9.53 Å². The van der Waals surface area contributed by atoms with Crippen molar-refractivity contribution >= 4 is 5.78 Å². The predicted octanol–water partition coefficient (Wildman–Crippen LogP) is 1.74. The molecule has 21 heavy (non-hydrogen) atoms. The van der Waals surface area contributed by atoms with E-state index in [0.717, 1.165) is 19.6 Å². The summed E-state index contributed by atoms with van der Waals surface area (Å²) in [7, 11) is 3.82. The maximum Gasteiger partial charge on any atom is 0.203 e. The van der Waals surface area contributed by atoms with Crippen molar-refractivity contribution in [2.75, 3.05) is 33.8 Å². The Labute approximate surface area is 126 Å². The highest BCUT2D eigenvalue weighted by Gasteiger charge is 2.42. The van der Waals surface area contributed by atoms with E-state index in [1.54, 1.807) is 6.20 Å². The Hall–Kier alpha value is -1.81. The molecule has 2 aliphatic heterocycles. The van der Waals surface area contributed by atoms with Crippen LogP contribution in [0.2, 0.25) is 0 Å². The number of carbonyl (C=O) groups excluding carboxylic acids is 1. The van der Waals surface area contributed by atoms with E-state index < -0.39 is 0 Å². The van der Waals surface area contributed by atoms with Crippen LogP contribution in [0.1, 0.15) is 5.56 Å². The number of benzene rings is 1. The van der Waals surface area contributed by atoms with Crippen molar-refractivity contribution in [1.82, 2.24) is 9.80 Å². The lowest BCUT2D eigenvalue weighted by atomic mass is 9.89. The molecule has 2 aliphatic rings. The molecule has 0 radical (unpaired) electrons. The molecule has 4 nitrogen and oxygen atoms in total. The van der Waals surface area contributed by atoms with Crippen LogP contribution in [0.5, 0.6) is 0 Å². The Bertz CT molecular complexity index is 539.